The van der Waals surface area contributed by atoms with E-state index in [2.05, 4.69) is 72.7 Å². The van der Waals surface area contributed by atoms with Crippen LogP contribution < -0.4 is 9.64 Å². The van der Waals surface area contributed by atoms with Gasteiger partial charge in [0.15, 0.2) is 5.82 Å². The fraction of sp³-hybridized carbons (Fsp3) is 0.296. The topological polar surface area (TPSA) is 30.3 Å². The minimum Gasteiger partial charge on any atom is -0.497 e. The summed E-state index contributed by atoms with van der Waals surface area (Å²) in [5.41, 5.74) is 7.99. The molecule has 0 fully saturated rings. The van der Waals surface area contributed by atoms with Crippen LogP contribution in [0.5, 0.6) is 5.75 Å². The Morgan fingerprint density at radius 3 is 2.58 bits per heavy atom. The van der Waals surface area contributed by atoms with Crippen molar-refractivity contribution in [1.29, 1.82) is 0 Å². The highest BCUT2D eigenvalue weighted by molar-refractivity contribution is 5.94. The SMILES string of the molecule is COc1ccc(Cn2c(C)c(C)c3ccnc(N4CCc5ccccc5C4C)c32)cc1. The summed E-state index contributed by atoms with van der Waals surface area (Å²) in [7, 11) is 1.71. The molecule has 0 N–H and O–H groups in total. The molecular weight excluding hydrogens is 382 g/mol. The van der Waals surface area contributed by atoms with E-state index in [0.717, 1.165) is 31.1 Å². The van der Waals surface area contributed by atoms with Gasteiger partial charge < -0.3 is 14.2 Å². The van der Waals surface area contributed by atoms with Gasteiger partial charge in [0.2, 0.25) is 0 Å². The Bertz CT molecular complexity index is 1240. The maximum Gasteiger partial charge on any atom is 0.153 e. The summed E-state index contributed by atoms with van der Waals surface area (Å²) >= 11 is 0. The summed E-state index contributed by atoms with van der Waals surface area (Å²) in [6.07, 6.45) is 3.02. The zero-order chi connectivity index (χ0) is 21.5. The average molecular weight is 412 g/mol. The normalized spacial score (nSPS) is 15.9. The van der Waals surface area contributed by atoms with E-state index in [1.54, 1.807) is 7.11 Å². The number of aryl methyl sites for hydroxylation is 1. The lowest BCUT2D eigenvalue weighted by molar-refractivity contribution is 0.414. The zero-order valence-electron chi connectivity index (χ0n) is 18.7. The summed E-state index contributed by atoms with van der Waals surface area (Å²) < 4.78 is 7.77. The van der Waals surface area contributed by atoms with Gasteiger partial charge in [-0.1, -0.05) is 36.4 Å². The molecule has 5 rings (SSSR count). The van der Waals surface area contributed by atoms with E-state index in [9.17, 15) is 0 Å². The fourth-order valence-electron chi connectivity index (χ4n) is 4.96. The standard InChI is InChI=1S/C27H29N3O/c1-18-19(2)30(17-21-9-11-23(31-4)12-10-21)26-24(18)13-15-28-27(26)29-16-14-22-7-5-6-8-25(22)20(29)3/h5-13,15,20H,14,16-17H2,1-4H3. The van der Waals surface area contributed by atoms with Gasteiger partial charge in [0.1, 0.15) is 5.75 Å². The van der Waals surface area contributed by atoms with Gasteiger partial charge in [0.25, 0.3) is 0 Å². The Morgan fingerprint density at radius 2 is 1.81 bits per heavy atom. The number of hydrogen-bond acceptors (Lipinski definition) is 3. The molecule has 2 aromatic heterocycles. The van der Waals surface area contributed by atoms with Crippen LogP contribution in [-0.4, -0.2) is 23.2 Å². The molecule has 0 bridgehead atoms. The summed E-state index contributed by atoms with van der Waals surface area (Å²) in [4.78, 5) is 7.40. The van der Waals surface area contributed by atoms with Gasteiger partial charge in [-0.05, 0) is 67.6 Å². The first kappa shape index (κ1) is 19.7. The number of anilines is 1. The molecule has 4 nitrogen and oxygen atoms in total. The van der Waals surface area contributed by atoms with Crippen molar-refractivity contribution in [2.75, 3.05) is 18.6 Å². The van der Waals surface area contributed by atoms with Crippen molar-refractivity contribution in [1.82, 2.24) is 9.55 Å². The Hall–Kier alpha value is -3.27. The highest BCUT2D eigenvalue weighted by atomic mass is 16.5. The van der Waals surface area contributed by atoms with E-state index < -0.39 is 0 Å². The van der Waals surface area contributed by atoms with Crippen molar-refractivity contribution < 1.29 is 4.74 Å². The van der Waals surface area contributed by atoms with Gasteiger partial charge in [-0.3, -0.25) is 0 Å². The minimum atomic E-state index is 0.299. The Labute approximate surface area is 184 Å². The molecule has 0 radical (unpaired) electrons. The number of hydrogen-bond donors (Lipinski definition) is 0. The van der Waals surface area contributed by atoms with Crippen LogP contribution in [-0.2, 0) is 13.0 Å². The molecule has 1 unspecified atom stereocenters. The second-order valence-corrected chi connectivity index (χ2v) is 8.49. The third-order valence-electron chi connectivity index (χ3n) is 6.89. The highest BCUT2D eigenvalue weighted by Gasteiger charge is 2.27. The third kappa shape index (κ3) is 3.27. The summed E-state index contributed by atoms with van der Waals surface area (Å²) in [6.45, 7) is 8.54. The molecule has 0 saturated carbocycles. The van der Waals surface area contributed by atoms with Crippen LogP contribution in [0.2, 0.25) is 0 Å². The molecule has 1 aliphatic heterocycles. The first-order valence-electron chi connectivity index (χ1n) is 11.0. The number of nitrogens with zero attached hydrogens (tertiary/aromatic N) is 3. The van der Waals surface area contributed by atoms with E-state index in [-0.39, 0.29) is 0 Å². The second kappa shape index (κ2) is 7.77. The lowest BCUT2D eigenvalue weighted by Crippen LogP contribution is -2.34. The number of methoxy groups -OCH3 is 1. The van der Waals surface area contributed by atoms with Crippen molar-refractivity contribution in [3.05, 3.63) is 88.7 Å². The number of aromatic nitrogens is 2. The number of ether oxygens (including phenoxy) is 1. The molecular formula is C27H29N3O. The van der Waals surface area contributed by atoms with Crippen LogP contribution in [0.15, 0.2) is 60.8 Å². The van der Waals surface area contributed by atoms with Crippen molar-refractivity contribution >= 4 is 16.7 Å². The van der Waals surface area contributed by atoms with E-state index in [1.807, 2.05) is 18.3 Å². The molecule has 158 valence electrons. The first-order valence-corrected chi connectivity index (χ1v) is 11.0. The second-order valence-electron chi connectivity index (χ2n) is 8.49. The molecule has 4 heteroatoms. The van der Waals surface area contributed by atoms with E-state index in [1.165, 1.54) is 38.9 Å². The van der Waals surface area contributed by atoms with Gasteiger partial charge in [-0.2, -0.15) is 0 Å². The molecule has 31 heavy (non-hydrogen) atoms. The summed E-state index contributed by atoms with van der Waals surface area (Å²) in [6, 6.07) is 19.6. The largest absolute Gasteiger partial charge is 0.497 e. The quantitative estimate of drug-likeness (QED) is 0.423. The minimum absolute atomic E-state index is 0.299. The maximum absolute atomic E-state index is 5.33. The van der Waals surface area contributed by atoms with Crippen molar-refractivity contribution in [2.45, 2.75) is 39.8 Å². The Balaban J connectivity index is 1.62. The molecule has 3 heterocycles. The number of pyridine rings is 1. The molecule has 1 atom stereocenters. The van der Waals surface area contributed by atoms with Crippen molar-refractivity contribution in [2.24, 2.45) is 0 Å². The van der Waals surface area contributed by atoms with Crippen LogP contribution in [0.3, 0.4) is 0 Å². The Kier molecular flexibility index (Phi) is 4.93. The van der Waals surface area contributed by atoms with Gasteiger partial charge in [0, 0.05) is 30.4 Å². The van der Waals surface area contributed by atoms with Crippen LogP contribution in [0.25, 0.3) is 10.9 Å². The summed E-state index contributed by atoms with van der Waals surface area (Å²) in [5, 5.41) is 1.29. The molecule has 2 aromatic carbocycles. The molecule has 1 aliphatic rings. The van der Waals surface area contributed by atoms with Gasteiger partial charge in [0.05, 0.1) is 18.7 Å². The number of fused-ring (bicyclic) bond motifs is 2. The molecule has 0 saturated heterocycles. The Morgan fingerprint density at radius 1 is 1.03 bits per heavy atom. The van der Waals surface area contributed by atoms with Gasteiger partial charge in [-0.25, -0.2) is 4.98 Å². The predicted molar refractivity (Wildman–Crippen MR) is 127 cm³/mol. The molecule has 0 aliphatic carbocycles. The predicted octanol–water partition coefficient (Wildman–Crippen LogP) is 5.83. The first-order chi connectivity index (χ1) is 15.1. The van der Waals surface area contributed by atoms with E-state index >= 15 is 0 Å². The van der Waals surface area contributed by atoms with Gasteiger partial charge in [-0.15, -0.1) is 0 Å². The lowest BCUT2D eigenvalue weighted by Gasteiger charge is -2.36. The molecule has 0 spiro atoms. The third-order valence-corrected chi connectivity index (χ3v) is 6.89. The highest BCUT2D eigenvalue weighted by Crippen LogP contribution is 2.38. The van der Waals surface area contributed by atoms with Crippen LogP contribution >= 0.6 is 0 Å². The van der Waals surface area contributed by atoms with Crippen LogP contribution in [0, 0.1) is 13.8 Å². The van der Waals surface area contributed by atoms with Crippen LogP contribution in [0.4, 0.5) is 5.82 Å². The molecule has 0 amide bonds. The summed E-state index contributed by atoms with van der Waals surface area (Å²) in [5.74, 6) is 1.97. The number of rotatable bonds is 4. The maximum atomic E-state index is 5.33. The fourth-order valence-corrected chi connectivity index (χ4v) is 4.96. The van der Waals surface area contributed by atoms with E-state index in [4.69, 9.17) is 9.72 Å². The number of benzene rings is 2. The average Bonchev–Trinajstić information content (AvgIpc) is 3.05. The monoisotopic (exact) mass is 411 g/mol. The smallest absolute Gasteiger partial charge is 0.153 e. The van der Waals surface area contributed by atoms with Crippen LogP contribution in [0.1, 0.15) is 40.9 Å². The van der Waals surface area contributed by atoms with Crippen molar-refractivity contribution in [3.63, 3.8) is 0 Å². The lowest BCUT2D eigenvalue weighted by atomic mass is 9.93. The molecule has 4 aromatic rings. The van der Waals surface area contributed by atoms with Gasteiger partial charge >= 0.3 is 0 Å². The van der Waals surface area contributed by atoms with Crippen molar-refractivity contribution in [3.8, 4) is 5.75 Å². The zero-order valence-corrected chi connectivity index (χ0v) is 18.7. The van der Waals surface area contributed by atoms with E-state index in [0.29, 0.717) is 6.04 Å².